The molecule has 1 aromatic carbocycles. The van der Waals surface area contributed by atoms with Gasteiger partial charge in [0.1, 0.15) is 0 Å². The van der Waals surface area contributed by atoms with Gasteiger partial charge >= 0.3 is 0 Å². The van der Waals surface area contributed by atoms with E-state index in [9.17, 15) is 4.79 Å². The quantitative estimate of drug-likeness (QED) is 0.759. The van der Waals surface area contributed by atoms with Gasteiger partial charge in [-0.2, -0.15) is 0 Å². The van der Waals surface area contributed by atoms with Crippen molar-refractivity contribution in [3.05, 3.63) is 35.9 Å². The van der Waals surface area contributed by atoms with Crippen molar-refractivity contribution >= 4 is 5.91 Å². The van der Waals surface area contributed by atoms with Gasteiger partial charge in [-0.25, -0.2) is 0 Å². The average Bonchev–Trinajstić information content (AvgIpc) is 2.28. The summed E-state index contributed by atoms with van der Waals surface area (Å²) in [7, 11) is 1.96. The van der Waals surface area contributed by atoms with Crippen LogP contribution >= 0.6 is 0 Å². The molecule has 2 N–H and O–H groups in total. The minimum Gasteiger partial charge on any atom is -0.356 e. The first-order chi connectivity index (χ1) is 7.72. The first-order valence-corrected chi connectivity index (χ1v) is 5.68. The summed E-state index contributed by atoms with van der Waals surface area (Å²) in [4.78, 5) is 10.7. The third-order valence-corrected chi connectivity index (χ3v) is 2.60. The van der Waals surface area contributed by atoms with Crippen LogP contribution in [0, 0.1) is 0 Å². The van der Waals surface area contributed by atoms with Crippen molar-refractivity contribution in [3.63, 3.8) is 0 Å². The van der Waals surface area contributed by atoms with Gasteiger partial charge in [0, 0.05) is 19.5 Å². The van der Waals surface area contributed by atoms with Gasteiger partial charge in [0.25, 0.3) is 0 Å². The van der Waals surface area contributed by atoms with Crippen LogP contribution in [0.5, 0.6) is 0 Å². The van der Waals surface area contributed by atoms with E-state index in [2.05, 4.69) is 34.9 Å². The molecule has 0 bridgehead atoms. The van der Waals surface area contributed by atoms with E-state index in [1.54, 1.807) is 6.92 Å². The van der Waals surface area contributed by atoms with E-state index >= 15 is 0 Å². The zero-order valence-electron chi connectivity index (χ0n) is 9.99. The Labute approximate surface area is 97.2 Å². The summed E-state index contributed by atoms with van der Waals surface area (Å²) in [5, 5.41) is 6.09. The van der Waals surface area contributed by atoms with Crippen LogP contribution in [-0.4, -0.2) is 25.5 Å². The third-order valence-electron chi connectivity index (χ3n) is 2.60. The Morgan fingerprint density at radius 3 is 2.56 bits per heavy atom. The molecule has 0 aliphatic rings. The number of carbonyl (C=O) groups is 1. The van der Waals surface area contributed by atoms with Gasteiger partial charge in [0.05, 0.1) is 0 Å². The lowest BCUT2D eigenvalue weighted by molar-refractivity contribution is -0.118. The van der Waals surface area contributed by atoms with Crippen molar-refractivity contribution in [2.45, 2.75) is 25.8 Å². The van der Waals surface area contributed by atoms with Crippen LogP contribution in [0.1, 0.15) is 18.9 Å². The van der Waals surface area contributed by atoms with Gasteiger partial charge < -0.3 is 10.6 Å². The lowest BCUT2D eigenvalue weighted by Crippen LogP contribution is -2.33. The van der Waals surface area contributed by atoms with E-state index in [4.69, 9.17) is 0 Å². The monoisotopic (exact) mass is 220 g/mol. The topological polar surface area (TPSA) is 41.1 Å². The minimum atomic E-state index is 0.0366. The fourth-order valence-corrected chi connectivity index (χ4v) is 1.67. The molecule has 0 heterocycles. The molecule has 0 aromatic heterocycles. The number of rotatable bonds is 6. The van der Waals surface area contributed by atoms with Gasteiger partial charge in [0.2, 0.25) is 5.91 Å². The minimum absolute atomic E-state index is 0.0366. The molecule has 16 heavy (non-hydrogen) atoms. The van der Waals surface area contributed by atoms with Gasteiger partial charge in [0.15, 0.2) is 0 Å². The number of hydrogen-bond donors (Lipinski definition) is 2. The van der Waals surface area contributed by atoms with Crippen molar-refractivity contribution in [2.24, 2.45) is 0 Å². The predicted molar refractivity (Wildman–Crippen MR) is 66.3 cm³/mol. The Morgan fingerprint density at radius 1 is 1.31 bits per heavy atom. The second-order valence-corrected chi connectivity index (χ2v) is 3.95. The van der Waals surface area contributed by atoms with Crippen LogP contribution < -0.4 is 10.6 Å². The highest BCUT2D eigenvalue weighted by atomic mass is 16.1. The molecule has 1 aromatic rings. The number of nitrogens with one attached hydrogen (secondary N) is 2. The van der Waals surface area contributed by atoms with E-state index in [0.29, 0.717) is 6.04 Å². The Bertz CT molecular complexity index is 311. The molecule has 0 saturated heterocycles. The molecule has 1 atom stereocenters. The van der Waals surface area contributed by atoms with Gasteiger partial charge in [-0.1, -0.05) is 30.3 Å². The van der Waals surface area contributed by atoms with Crippen molar-refractivity contribution in [1.29, 1.82) is 0 Å². The Morgan fingerprint density at radius 2 is 2.00 bits per heavy atom. The SMILES string of the molecule is CN[C@H](CCNC(C)=O)Cc1ccccc1. The molecular weight excluding hydrogens is 200 g/mol. The van der Waals surface area contributed by atoms with Gasteiger partial charge in [-0.05, 0) is 25.5 Å². The number of likely N-dealkylation sites (N-methyl/N-ethyl adjacent to an activating group) is 1. The van der Waals surface area contributed by atoms with Crippen LogP contribution in [-0.2, 0) is 11.2 Å². The molecular formula is C13H20N2O. The van der Waals surface area contributed by atoms with E-state index in [1.165, 1.54) is 5.56 Å². The maximum Gasteiger partial charge on any atom is 0.216 e. The zero-order chi connectivity index (χ0) is 11.8. The van der Waals surface area contributed by atoms with E-state index in [0.717, 1.165) is 19.4 Å². The maximum absolute atomic E-state index is 10.7. The highest BCUT2D eigenvalue weighted by Gasteiger charge is 2.06. The lowest BCUT2D eigenvalue weighted by atomic mass is 10.0. The standard InChI is InChI=1S/C13H20N2O/c1-11(16)15-9-8-13(14-2)10-12-6-4-3-5-7-12/h3-7,13-14H,8-10H2,1-2H3,(H,15,16)/t13-/m1/s1. The fraction of sp³-hybridized carbons (Fsp3) is 0.462. The number of hydrogen-bond acceptors (Lipinski definition) is 2. The first kappa shape index (κ1) is 12.7. The first-order valence-electron chi connectivity index (χ1n) is 5.68. The number of amides is 1. The lowest BCUT2D eigenvalue weighted by Gasteiger charge is -2.16. The van der Waals surface area contributed by atoms with E-state index in [-0.39, 0.29) is 5.91 Å². The largest absolute Gasteiger partial charge is 0.356 e. The second kappa shape index (κ2) is 7.01. The van der Waals surface area contributed by atoms with E-state index in [1.807, 2.05) is 13.1 Å². The Hall–Kier alpha value is -1.35. The molecule has 0 aliphatic carbocycles. The van der Waals surface area contributed by atoms with Crippen LogP contribution in [0.4, 0.5) is 0 Å². The van der Waals surface area contributed by atoms with Gasteiger partial charge in [-0.3, -0.25) is 4.79 Å². The molecule has 0 spiro atoms. The van der Waals surface area contributed by atoms with E-state index < -0.39 is 0 Å². The summed E-state index contributed by atoms with van der Waals surface area (Å²) in [6.45, 7) is 2.28. The number of carbonyl (C=O) groups excluding carboxylic acids is 1. The second-order valence-electron chi connectivity index (χ2n) is 3.95. The molecule has 0 fully saturated rings. The molecule has 0 aliphatic heterocycles. The zero-order valence-corrected chi connectivity index (χ0v) is 9.99. The highest BCUT2D eigenvalue weighted by Crippen LogP contribution is 2.04. The van der Waals surface area contributed by atoms with Crippen molar-refractivity contribution in [1.82, 2.24) is 10.6 Å². The summed E-state index contributed by atoms with van der Waals surface area (Å²) in [6.07, 6.45) is 1.95. The van der Waals surface area contributed by atoms with Crippen LogP contribution in [0.3, 0.4) is 0 Å². The summed E-state index contributed by atoms with van der Waals surface area (Å²) >= 11 is 0. The van der Waals surface area contributed by atoms with Crippen LogP contribution in [0.25, 0.3) is 0 Å². The van der Waals surface area contributed by atoms with Crippen LogP contribution in [0.2, 0.25) is 0 Å². The Kier molecular flexibility index (Phi) is 5.57. The fourth-order valence-electron chi connectivity index (χ4n) is 1.67. The molecule has 0 unspecified atom stereocenters. The smallest absolute Gasteiger partial charge is 0.216 e. The summed E-state index contributed by atoms with van der Waals surface area (Å²) < 4.78 is 0. The average molecular weight is 220 g/mol. The third kappa shape index (κ3) is 4.94. The summed E-state index contributed by atoms with van der Waals surface area (Å²) in [6, 6.07) is 10.8. The highest BCUT2D eigenvalue weighted by molar-refractivity contribution is 5.72. The molecule has 3 nitrogen and oxygen atoms in total. The number of benzene rings is 1. The normalized spacial score (nSPS) is 12.1. The molecule has 1 rings (SSSR count). The molecule has 1 amide bonds. The van der Waals surface area contributed by atoms with Crippen LogP contribution in [0.15, 0.2) is 30.3 Å². The maximum atomic E-state index is 10.7. The van der Waals surface area contributed by atoms with Gasteiger partial charge in [-0.15, -0.1) is 0 Å². The molecule has 0 radical (unpaired) electrons. The molecule has 0 saturated carbocycles. The summed E-state index contributed by atoms with van der Waals surface area (Å²) in [5.41, 5.74) is 1.32. The Balaban J connectivity index is 2.34. The predicted octanol–water partition coefficient (Wildman–Crippen LogP) is 1.34. The van der Waals surface area contributed by atoms with Crippen molar-refractivity contribution in [2.75, 3.05) is 13.6 Å². The van der Waals surface area contributed by atoms with Crippen molar-refractivity contribution < 1.29 is 4.79 Å². The summed E-state index contributed by atoms with van der Waals surface area (Å²) in [5.74, 6) is 0.0366. The molecule has 88 valence electrons. The van der Waals surface area contributed by atoms with Crippen molar-refractivity contribution in [3.8, 4) is 0 Å². The molecule has 3 heteroatoms.